The number of carbonyl (C=O) groups excluding carboxylic acids is 2. The lowest BCUT2D eigenvalue weighted by Crippen LogP contribution is -2.54. The highest BCUT2D eigenvalue weighted by molar-refractivity contribution is 5.92. The standard InChI is InChI=1S/C24H29N3O4/c1-30-15-14-27-22(28)16-18-6-3-4-9-21(18)23(27)24(29)26-12-10-25(11-13-26)19-7-5-8-20(17-19)31-2/h3-9,17,23H,10-16H2,1-2H3/t23-/m0/s1. The lowest BCUT2D eigenvalue weighted by atomic mass is 9.91. The Labute approximate surface area is 183 Å². The van der Waals surface area contributed by atoms with Crippen molar-refractivity contribution in [1.82, 2.24) is 9.80 Å². The minimum Gasteiger partial charge on any atom is -0.497 e. The number of fused-ring (bicyclic) bond motifs is 1. The van der Waals surface area contributed by atoms with Crippen molar-refractivity contribution in [3.05, 3.63) is 59.7 Å². The number of ether oxygens (including phenoxy) is 2. The Kier molecular flexibility index (Phi) is 6.42. The van der Waals surface area contributed by atoms with Gasteiger partial charge >= 0.3 is 0 Å². The van der Waals surface area contributed by atoms with Crippen molar-refractivity contribution in [3.63, 3.8) is 0 Å². The van der Waals surface area contributed by atoms with Gasteiger partial charge in [-0.3, -0.25) is 9.59 Å². The molecular formula is C24H29N3O4. The second-order valence-electron chi connectivity index (χ2n) is 7.87. The van der Waals surface area contributed by atoms with Gasteiger partial charge in [-0.2, -0.15) is 0 Å². The van der Waals surface area contributed by atoms with E-state index in [1.165, 1.54) is 0 Å². The number of amides is 2. The second kappa shape index (κ2) is 9.39. The van der Waals surface area contributed by atoms with Crippen molar-refractivity contribution in [3.8, 4) is 5.75 Å². The summed E-state index contributed by atoms with van der Waals surface area (Å²) in [5.41, 5.74) is 2.96. The number of hydrogen-bond acceptors (Lipinski definition) is 5. The van der Waals surface area contributed by atoms with Crippen LogP contribution in [0.15, 0.2) is 48.5 Å². The largest absolute Gasteiger partial charge is 0.497 e. The number of anilines is 1. The van der Waals surface area contributed by atoms with E-state index in [-0.39, 0.29) is 11.8 Å². The molecule has 4 rings (SSSR count). The van der Waals surface area contributed by atoms with E-state index in [0.29, 0.717) is 32.7 Å². The Morgan fingerprint density at radius 2 is 1.81 bits per heavy atom. The molecule has 2 aromatic carbocycles. The van der Waals surface area contributed by atoms with E-state index in [1.807, 2.05) is 47.4 Å². The van der Waals surface area contributed by atoms with E-state index in [0.717, 1.165) is 35.7 Å². The summed E-state index contributed by atoms with van der Waals surface area (Å²) in [6.45, 7) is 3.51. The molecule has 0 spiro atoms. The van der Waals surface area contributed by atoms with E-state index in [4.69, 9.17) is 9.47 Å². The average molecular weight is 424 g/mol. The Balaban J connectivity index is 1.51. The van der Waals surface area contributed by atoms with Crippen molar-refractivity contribution in [2.45, 2.75) is 12.5 Å². The molecule has 2 heterocycles. The molecule has 2 amide bonds. The van der Waals surface area contributed by atoms with E-state index >= 15 is 0 Å². The molecule has 0 aromatic heterocycles. The van der Waals surface area contributed by atoms with Gasteiger partial charge in [0, 0.05) is 51.6 Å². The SMILES string of the molecule is COCCN1C(=O)Cc2ccccc2[C@H]1C(=O)N1CCN(c2cccc(OC)c2)CC1. The third kappa shape index (κ3) is 4.37. The maximum absolute atomic E-state index is 13.6. The maximum Gasteiger partial charge on any atom is 0.250 e. The fourth-order valence-corrected chi connectivity index (χ4v) is 4.41. The molecule has 0 saturated carbocycles. The molecular weight excluding hydrogens is 394 g/mol. The molecule has 1 saturated heterocycles. The van der Waals surface area contributed by atoms with Crippen molar-refractivity contribution in [1.29, 1.82) is 0 Å². The maximum atomic E-state index is 13.6. The smallest absolute Gasteiger partial charge is 0.250 e. The minimum absolute atomic E-state index is 0.0121. The molecule has 1 fully saturated rings. The number of hydrogen-bond donors (Lipinski definition) is 0. The first-order chi connectivity index (χ1) is 15.1. The molecule has 0 radical (unpaired) electrons. The third-order valence-electron chi connectivity index (χ3n) is 6.10. The van der Waals surface area contributed by atoms with Crippen LogP contribution in [0.4, 0.5) is 5.69 Å². The summed E-state index contributed by atoms with van der Waals surface area (Å²) in [6, 6.07) is 15.2. The zero-order valence-corrected chi connectivity index (χ0v) is 18.1. The van der Waals surface area contributed by atoms with Crippen LogP contribution in [-0.2, 0) is 20.7 Å². The molecule has 0 N–H and O–H groups in total. The van der Waals surface area contributed by atoms with Gasteiger partial charge < -0.3 is 24.2 Å². The van der Waals surface area contributed by atoms with Crippen LogP contribution in [0.1, 0.15) is 17.2 Å². The van der Waals surface area contributed by atoms with E-state index < -0.39 is 6.04 Å². The van der Waals surface area contributed by atoms with Gasteiger partial charge in [0.1, 0.15) is 11.8 Å². The van der Waals surface area contributed by atoms with Gasteiger partial charge in [-0.15, -0.1) is 0 Å². The molecule has 1 atom stereocenters. The van der Waals surface area contributed by atoms with Crippen LogP contribution in [0.3, 0.4) is 0 Å². The summed E-state index contributed by atoms with van der Waals surface area (Å²) >= 11 is 0. The first-order valence-electron chi connectivity index (χ1n) is 10.7. The molecule has 7 heteroatoms. The number of rotatable bonds is 6. The molecule has 2 aromatic rings. The fourth-order valence-electron chi connectivity index (χ4n) is 4.41. The predicted molar refractivity (Wildman–Crippen MR) is 118 cm³/mol. The number of methoxy groups -OCH3 is 2. The third-order valence-corrected chi connectivity index (χ3v) is 6.10. The Morgan fingerprint density at radius 1 is 1.03 bits per heavy atom. The summed E-state index contributed by atoms with van der Waals surface area (Å²) in [5.74, 6) is 0.785. The van der Waals surface area contributed by atoms with Crippen LogP contribution in [0, 0.1) is 0 Å². The number of nitrogens with zero attached hydrogens (tertiary/aromatic N) is 3. The highest BCUT2D eigenvalue weighted by Gasteiger charge is 2.39. The van der Waals surface area contributed by atoms with Crippen molar-refractivity contribution >= 4 is 17.5 Å². The van der Waals surface area contributed by atoms with Crippen LogP contribution in [0.5, 0.6) is 5.75 Å². The molecule has 2 aliphatic rings. The van der Waals surface area contributed by atoms with Gasteiger partial charge in [0.25, 0.3) is 0 Å². The van der Waals surface area contributed by atoms with E-state index in [2.05, 4.69) is 11.0 Å². The van der Waals surface area contributed by atoms with Gasteiger partial charge in [0.2, 0.25) is 11.8 Å². The molecule has 2 aliphatic heterocycles. The monoisotopic (exact) mass is 423 g/mol. The van der Waals surface area contributed by atoms with E-state index in [9.17, 15) is 9.59 Å². The Morgan fingerprint density at radius 3 is 2.55 bits per heavy atom. The van der Waals surface area contributed by atoms with Crippen molar-refractivity contribution in [2.24, 2.45) is 0 Å². The van der Waals surface area contributed by atoms with Crippen LogP contribution in [0.2, 0.25) is 0 Å². The second-order valence-corrected chi connectivity index (χ2v) is 7.87. The molecule has 164 valence electrons. The summed E-state index contributed by atoms with van der Waals surface area (Å²) < 4.78 is 10.5. The molecule has 0 bridgehead atoms. The average Bonchev–Trinajstić information content (AvgIpc) is 2.82. The Hall–Kier alpha value is -3.06. The number of carbonyl (C=O) groups is 2. The Bertz CT molecular complexity index is 940. The normalized spacial score (nSPS) is 18.7. The van der Waals surface area contributed by atoms with Gasteiger partial charge in [0.15, 0.2) is 0 Å². The van der Waals surface area contributed by atoms with Crippen LogP contribution < -0.4 is 9.64 Å². The first-order valence-corrected chi connectivity index (χ1v) is 10.7. The molecule has 31 heavy (non-hydrogen) atoms. The van der Waals surface area contributed by atoms with Gasteiger partial charge in [-0.05, 0) is 23.3 Å². The predicted octanol–water partition coefficient (Wildman–Crippen LogP) is 2.12. The minimum atomic E-state index is -0.587. The van der Waals surface area contributed by atoms with Crippen LogP contribution in [0.25, 0.3) is 0 Å². The van der Waals surface area contributed by atoms with Crippen LogP contribution >= 0.6 is 0 Å². The lowest BCUT2D eigenvalue weighted by Gasteiger charge is -2.42. The highest BCUT2D eigenvalue weighted by Crippen LogP contribution is 2.32. The van der Waals surface area contributed by atoms with Gasteiger partial charge in [0.05, 0.1) is 20.1 Å². The topological polar surface area (TPSA) is 62.3 Å². The molecule has 0 aliphatic carbocycles. The summed E-state index contributed by atoms with van der Waals surface area (Å²) in [6.07, 6.45) is 0.327. The van der Waals surface area contributed by atoms with Gasteiger partial charge in [-0.25, -0.2) is 0 Å². The quantitative estimate of drug-likeness (QED) is 0.712. The zero-order chi connectivity index (χ0) is 21.8. The lowest BCUT2D eigenvalue weighted by molar-refractivity contribution is -0.147. The van der Waals surface area contributed by atoms with Crippen molar-refractivity contribution in [2.75, 3.05) is 58.5 Å². The van der Waals surface area contributed by atoms with E-state index in [1.54, 1.807) is 19.1 Å². The summed E-state index contributed by atoms with van der Waals surface area (Å²) in [4.78, 5) is 32.3. The zero-order valence-electron chi connectivity index (χ0n) is 18.1. The highest BCUT2D eigenvalue weighted by atomic mass is 16.5. The van der Waals surface area contributed by atoms with Crippen LogP contribution in [-0.4, -0.2) is 75.2 Å². The first kappa shape index (κ1) is 21.2. The molecule has 7 nitrogen and oxygen atoms in total. The fraction of sp³-hybridized carbons (Fsp3) is 0.417. The van der Waals surface area contributed by atoms with Gasteiger partial charge in [-0.1, -0.05) is 30.3 Å². The number of piperazine rings is 1. The molecule has 0 unspecified atom stereocenters. The number of benzene rings is 2. The van der Waals surface area contributed by atoms with Crippen molar-refractivity contribution < 1.29 is 19.1 Å². The summed E-state index contributed by atoms with van der Waals surface area (Å²) in [5, 5.41) is 0. The summed E-state index contributed by atoms with van der Waals surface area (Å²) in [7, 11) is 3.27.